The molecule has 0 saturated carbocycles. The van der Waals surface area contributed by atoms with Crippen LogP contribution < -0.4 is 10.7 Å². The fraction of sp³-hybridized carbons (Fsp3) is 0.167. The average Bonchev–Trinajstić information content (AvgIpc) is 2.75. The van der Waals surface area contributed by atoms with E-state index in [2.05, 4.69) is 34.0 Å². The number of hydrogen-bond acceptors (Lipinski definition) is 3. The van der Waals surface area contributed by atoms with Crippen LogP contribution in [0.15, 0.2) is 84.0 Å². The highest BCUT2D eigenvalue weighted by Gasteiger charge is 2.16. The van der Waals surface area contributed by atoms with Crippen molar-refractivity contribution in [3.8, 4) is 0 Å². The number of anilines is 1. The molecule has 0 bridgehead atoms. The molecular formula is C24H25N3O. The number of carbonyl (C=O) groups is 1. The van der Waals surface area contributed by atoms with Crippen molar-refractivity contribution in [2.24, 2.45) is 5.10 Å². The molecule has 2 N–H and O–H groups in total. The predicted octanol–water partition coefficient (Wildman–Crippen LogP) is 5.24. The highest BCUT2D eigenvalue weighted by atomic mass is 16.2. The van der Waals surface area contributed by atoms with Crippen LogP contribution in [0.4, 0.5) is 5.69 Å². The molecule has 142 valence electrons. The van der Waals surface area contributed by atoms with Gasteiger partial charge in [-0.05, 0) is 36.4 Å². The van der Waals surface area contributed by atoms with E-state index in [1.165, 1.54) is 0 Å². The number of benzene rings is 3. The number of carbonyl (C=O) groups excluding carboxylic acids is 1. The quantitative estimate of drug-likeness (QED) is 0.441. The Morgan fingerprint density at radius 3 is 2.50 bits per heavy atom. The minimum atomic E-state index is -0.361. The van der Waals surface area contributed by atoms with Crippen molar-refractivity contribution < 1.29 is 4.79 Å². The summed E-state index contributed by atoms with van der Waals surface area (Å²) in [6, 6.07) is 23.8. The maximum atomic E-state index is 12.6. The second kappa shape index (κ2) is 9.51. The van der Waals surface area contributed by atoms with Crippen molar-refractivity contribution in [2.75, 3.05) is 5.32 Å². The molecule has 0 aliphatic carbocycles. The fourth-order valence-electron chi connectivity index (χ4n) is 2.93. The van der Waals surface area contributed by atoms with Gasteiger partial charge in [0.25, 0.3) is 5.91 Å². The van der Waals surface area contributed by atoms with Gasteiger partial charge in [-0.3, -0.25) is 4.79 Å². The van der Waals surface area contributed by atoms with Gasteiger partial charge in [0.1, 0.15) is 6.04 Å². The summed E-state index contributed by atoms with van der Waals surface area (Å²) >= 11 is 0. The van der Waals surface area contributed by atoms with Crippen LogP contribution in [0, 0.1) is 0 Å². The number of amides is 1. The third kappa shape index (κ3) is 5.07. The number of hydrogen-bond donors (Lipinski definition) is 2. The topological polar surface area (TPSA) is 53.5 Å². The lowest BCUT2D eigenvalue weighted by molar-refractivity contribution is -0.121. The Morgan fingerprint density at radius 2 is 1.71 bits per heavy atom. The Morgan fingerprint density at radius 1 is 1.00 bits per heavy atom. The summed E-state index contributed by atoms with van der Waals surface area (Å²) in [4.78, 5) is 12.6. The van der Waals surface area contributed by atoms with Crippen LogP contribution in [0.5, 0.6) is 0 Å². The van der Waals surface area contributed by atoms with Gasteiger partial charge in [-0.15, -0.1) is 0 Å². The van der Waals surface area contributed by atoms with E-state index in [1.54, 1.807) is 0 Å². The zero-order valence-corrected chi connectivity index (χ0v) is 16.2. The van der Waals surface area contributed by atoms with E-state index in [0.29, 0.717) is 6.42 Å². The summed E-state index contributed by atoms with van der Waals surface area (Å²) in [5.74, 6) is -0.150. The Balaban J connectivity index is 1.65. The summed E-state index contributed by atoms with van der Waals surface area (Å²) in [6.07, 6.45) is 4.51. The van der Waals surface area contributed by atoms with E-state index in [1.807, 2.05) is 80.6 Å². The van der Waals surface area contributed by atoms with E-state index >= 15 is 0 Å². The van der Waals surface area contributed by atoms with Crippen molar-refractivity contribution in [2.45, 2.75) is 26.3 Å². The van der Waals surface area contributed by atoms with E-state index in [4.69, 9.17) is 0 Å². The standard InChI is InChI=1S/C24H25N3O/c1-3-22(25-23-15-9-13-20-12-7-8-14-21(20)23)24(28)27-26-18(2)16-17-19-10-5-4-6-11-19/h4-17,22,25H,3H2,1-2H3,(H,27,28)/b17-16-,26-18?/t22-/m1/s1. The molecule has 0 unspecified atom stereocenters. The Labute approximate surface area is 166 Å². The minimum Gasteiger partial charge on any atom is -0.373 e. The van der Waals surface area contributed by atoms with Crippen molar-refractivity contribution in [1.29, 1.82) is 0 Å². The zero-order chi connectivity index (χ0) is 19.8. The molecule has 3 aromatic carbocycles. The van der Waals surface area contributed by atoms with Gasteiger partial charge in [0.05, 0.1) is 5.71 Å². The predicted molar refractivity (Wildman–Crippen MR) is 118 cm³/mol. The molecule has 4 nitrogen and oxygen atoms in total. The normalized spacial score (nSPS) is 12.9. The number of allylic oxidation sites excluding steroid dienone is 1. The molecule has 1 atom stereocenters. The molecule has 3 aromatic rings. The maximum absolute atomic E-state index is 12.6. The van der Waals surface area contributed by atoms with Gasteiger partial charge in [0.15, 0.2) is 0 Å². The monoisotopic (exact) mass is 371 g/mol. The summed E-state index contributed by atoms with van der Waals surface area (Å²) < 4.78 is 0. The zero-order valence-electron chi connectivity index (χ0n) is 16.2. The van der Waals surface area contributed by atoms with Crippen LogP contribution in [0.1, 0.15) is 25.8 Å². The molecule has 28 heavy (non-hydrogen) atoms. The molecule has 0 fully saturated rings. The second-order valence-corrected chi connectivity index (χ2v) is 6.61. The molecule has 0 saturated heterocycles. The van der Waals surface area contributed by atoms with Crippen molar-refractivity contribution in [3.63, 3.8) is 0 Å². The molecule has 0 aromatic heterocycles. The third-order valence-electron chi connectivity index (χ3n) is 4.50. The SMILES string of the molecule is CC[C@@H](Nc1cccc2ccccc12)C(=O)NN=C(C)/C=C\c1ccccc1. The molecule has 0 spiro atoms. The van der Waals surface area contributed by atoms with E-state index in [9.17, 15) is 4.79 Å². The second-order valence-electron chi connectivity index (χ2n) is 6.61. The van der Waals surface area contributed by atoms with Crippen LogP contribution >= 0.6 is 0 Å². The largest absolute Gasteiger partial charge is 0.373 e. The molecular weight excluding hydrogens is 346 g/mol. The van der Waals surface area contributed by atoms with Crippen molar-refractivity contribution in [3.05, 3.63) is 84.4 Å². The van der Waals surface area contributed by atoms with Gasteiger partial charge >= 0.3 is 0 Å². The smallest absolute Gasteiger partial charge is 0.262 e. The summed E-state index contributed by atoms with van der Waals surface area (Å²) in [5.41, 5.74) is 5.45. The Bertz CT molecular complexity index is 988. The Hall–Kier alpha value is -3.40. The lowest BCUT2D eigenvalue weighted by atomic mass is 10.1. The van der Waals surface area contributed by atoms with Gasteiger partial charge in [-0.25, -0.2) is 5.43 Å². The fourth-order valence-corrected chi connectivity index (χ4v) is 2.93. The highest BCUT2D eigenvalue weighted by molar-refractivity contribution is 5.98. The van der Waals surface area contributed by atoms with Crippen LogP contribution in [0.2, 0.25) is 0 Å². The summed E-state index contributed by atoms with van der Waals surface area (Å²) in [5, 5.41) is 9.80. The number of hydrazone groups is 1. The van der Waals surface area contributed by atoms with Gasteiger partial charge in [-0.2, -0.15) is 5.10 Å². The maximum Gasteiger partial charge on any atom is 0.262 e. The molecule has 0 aliphatic rings. The molecule has 0 aliphatic heterocycles. The van der Waals surface area contributed by atoms with Crippen molar-refractivity contribution >= 4 is 34.2 Å². The van der Waals surface area contributed by atoms with E-state index in [-0.39, 0.29) is 11.9 Å². The lowest BCUT2D eigenvalue weighted by Crippen LogP contribution is -2.37. The number of rotatable bonds is 7. The molecule has 3 rings (SSSR count). The first-order valence-corrected chi connectivity index (χ1v) is 9.49. The van der Waals surface area contributed by atoms with Gasteiger partial charge in [0, 0.05) is 11.1 Å². The molecule has 1 amide bonds. The highest BCUT2D eigenvalue weighted by Crippen LogP contribution is 2.24. The molecule has 0 radical (unpaired) electrons. The first-order chi connectivity index (χ1) is 13.7. The number of nitrogens with one attached hydrogen (secondary N) is 2. The third-order valence-corrected chi connectivity index (χ3v) is 4.50. The van der Waals surface area contributed by atoms with Crippen LogP contribution in [0.25, 0.3) is 16.8 Å². The first-order valence-electron chi connectivity index (χ1n) is 9.49. The lowest BCUT2D eigenvalue weighted by Gasteiger charge is -2.18. The van der Waals surface area contributed by atoms with Gasteiger partial charge in [0.2, 0.25) is 0 Å². The van der Waals surface area contributed by atoms with Gasteiger partial charge < -0.3 is 5.32 Å². The van der Waals surface area contributed by atoms with Crippen molar-refractivity contribution in [1.82, 2.24) is 5.43 Å². The van der Waals surface area contributed by atoms with Crippen LogP contribution in [-0.4, -0.2) is 17.7 Å². The number of fused-ring (bicyclic) bond motifs is 1. The van der Waals surface area contributed by atoms with E-state index < -0.39 is 0 Å². The molecule has 4 heteroatoms. The average molecular weight is 371 g/mol. The molecule has 0 heterocycles. The van der Waals surface area contributed by atoms with Crippen LogP contribution in [0.3, 0.4) is 0 Å². The minimum absolute atomic E-state index is 0.150. The Kier molecular flexibility index (Phi) is 6.58. The summed E-state index contributed by atoms with van der Waals surface area (Å²) in [6.45, 7) is 3.84. The number of nitrogens with zero attached hydrogens (tertiary/aromatic N) is 1. The van der Waals surface area contributed by atoms with Gasteiger partial charge in [-0.1, -0.05) is 79.7 Å². The first kappa shape index (κ1) is 19.4. The van der Waals surface area contributed by atoms with E-state index in [0.717, 1.165) is 27.7 Å². The van der Waals surface area contributed by atoms with Crippen LogP contribution in [-0.2, 0) is 4.79 Å². The summed E-state index contributed by atoms with van der Waals surface area (Å²) in [7, 11) is 0.